The summed E-state index contributed by atoms with van der Waals surface area (Å²) in [7, 11) is -3.90. The summed E-state index contributed by atoms with van der Waals surface area (Å²) in [5.74, 6) is 1.72. The molecule has 0 saturated heterocycles. The Morgan fingerprint density at radius 1 is 0.514 bits per heavy atom. The number of hydrogen-bond donors (Lipinski definition) is 0. The summed E-state index contributed by atoms with van der Waals surface area (Å²) in [6, 6.07) is 28.9. The van der Waals surface area contributed by atoms with Gasteiger partial charge in [0.05, 0.1) is 4.90 Å². The number of benzene rings is 4. The molecular weight excluding hydrogens is 480 g/mol. The van der Waals surface area contributed by atoms with E-state index in [0.29, 0.717) is 17.2 Å². The van der Waals surface area contributed by atoms with E-state index in [1.165, 1.54) is 0 Å². The lowest BCUT2D eigenvalue weighted by molar-refractivity contribution is 0.393. The molecule has 0 saturated carbocycles. The van der Waals surface area contributed by atoms with Gasteiger partial charge in [0, 0.05) is 11.1 Å². The highest BCUT2D eigenvalue weighted by molar-refractivity contribution is 7.91. The van der Waals surface area contributed by atoms with Crippen LogP contribution in [0.25, 0.3) is 0 Å². The molecule has 4 nitrogen and oxygen atoms in total. The van der Waals surface area contributed by atoms with Crippen LogP contribution in [0.15, 0.2) is 107 Å². The number of rotatable bonds is 6. The van der Waals surface area contributed by atoms with Crippen LogP contribution in [0.2, 0.25) is 0 Å². The van der Waals surface area contributed by atoms with Crippen molar-refractivity contribution in [2.24, 2.45) is 0 Å². The molecule has 4 aromatic rings. The molecule has 192 valence electrons. The third kappa shape index (κ3) is 5.72. The van der Waals surface area contributed by atoms with Crippen LogP contribution in [0.5, 0.6) is 23.0 Å². The summed E-state index contributed by atoms with van der Waals surface area (Å²) < 4.78 is 40.6. The average molecular weight is 515 g/mol. The largest absolute Gasteiger partial charge is 0.453 e. The van der Waals surface area contributed by atoms with Crippen LogP contribution in [0.4, 0.5) is 0 Å². The lowest BCUT2D eigenvalue weighted by Gasteiger charge is -2.25. The van der Waals surface area contributed by atoms with Crippen LogP contribution in [0.1, 0.15) is 52.7 Å². The summed E-state index contributed by atoms with van der Waals surface area (Å²) >= 11 is 0. The summed E-state index contributed by atoms with van der Waals surface area (Å²) in [6.07, 6.45) is 0. The van der Waals surface area contributed by atoms with E-state index >= 15 is 0 Å². The summed E-state index contributed by atoms with van der Waals surface area (Å²) in [5.41, 5.74) is 1.57. The van der Waals surface area contributed by atoms with E-state index in [-0.39, 0.29) is 26.4 Å². The third-order valence-corrected chi connectivity index (χ3v) is 7.90. The minimum Gasteiger partial charge on any atom is -0.453 e. The highest BCUT2D eigenvalue weighted by Gasteiger charge is 2.28. The molecule has 0 N–H and O–H groups in total. The van der Waals surface area contributed by atoms with Crippen LogP contribution < -0.4 is 9.47 Å². The van der Waals surface area contributed by atoms with Gasteiger partial charge < -0.3 is 9.47 Å². The predicted molar refractivity (Wildman–Crippen MR) is 149 cm³/mol. The first-order valence-corrected chi connectivity index (χ1v) is 13.9. The molecule has 0 amide bonds. The van der Waals surface area contributed by atoms with Gasteiger partial charge in [-0.3, -0.25) is 0 Å². The fourth-order valence-electron chi connectivity index (χ4n) is 4.19. The second-order valence-electron chi connectivity index (χ2n) is 11.1. The fraction of sp³-hybridized carbons (Fsp3) is 0.250. The molecular formula is C32H34O4S. The van der Waals surface area contributed by atoms with E-state index < -0.39 is 9.84 Å². The van der Waals surface area contributed by atoms with E-state index in [9.17, 15) is 8.42 Å². The topological polar surface area (TPSA) is 52.6 Å². The fourth-order valence-corrected chi connectivity index (χ4v) is 5.61. The first-order valence-electron chi connectivity index (χ1n) is 12.4. The van der Waals surface area contributed by atoms with Crippen LogP contribution in [0, 0.1) is 0 Å². The minimum atomic E-state index is -3.90. The molecule has 0 spiro atoms. The maximum atomic E-state index is 13.8. The molecule has 4 rings (SSSR count). The van der Waals surface area contributed by atoms with Crippen molar-refractivity contribution in [3.8, 4) is 23.0 Å². The van der Waals surface area contributed by atoms with Crippen LogP contribution in [0.3, 0.4) is 0 Å². The number of hydrogen-bond acceptors (Lipinski definition) is 4. The monoisotopic (exact) mass is 514 g/mol. The molecule has 0 aliphatic rings. The van der Waals surface area contributed by atoms with E-state index in [1.54, 1.807) is 48.5 Å². The average Bonchev–Trinajstić information content (AvgIpc) is 2.85. The molecule has 37 heavy (non-hydrogen) atoms. The lowest BCUT2D eigenvalue weighted by atomic mass is 9.86. The standard InChI is InChI=1S/C32H34O4S/c1-31(2,3)24-17-10-12-19-26(24)35-28-21-14-22-29(37(33,34)23-15-8-7-9-16-23)30(28)36-27-20-13-11-18-25(27)32(4,5)6/h7-22H,1-6H3. The zero-order valence-electron chi connectivity index (χ0n) is 22.3. The second kappa shape index (κ2) is 10.1. The van der Waals surface area contributed by atoms with Gasteiger partial charge in [0.15, 0.2) is 11.5 Å². The Balaban J connectivity index is 1.93. The number of para-hydroxylation sites is 3. The van der Waals surface area contributed by atoms with Gasteiger partial charge in [0.2, 0.25) is 9.84 Å². The normalized spacial score (nSPS) is 12.3. The number of ether oxygens (including phenoxy) is 2. The SMILES string of the molecule is CC(C)(C)c1ccccc1Oc1cccc(S(=O)(=O)c2ccccc2)c1Oc1ccccc1C(C)(C)C. The van der Waals surface area contributed by atoms with Crippen LogP contribution >= 0.6 is 0 Å². The van der Waals surface area contributed by atoms with Gasteiger partial charge in [0.25, 0.3) is 0 Å². The molecule has 0 radical (unpaired) electrons. The Labute approximate surface area is 220 Å². The van der Waals surface area contributed by atoms with Gasteiger partial charge in [0.1, 0.15) is 16.4 Å². The zero-order chi connectivity index (χ0) is 26.8. The van der Waals surface area contributed by atoms with Crippen molar-refractivity contribution in [3.05, 3.63) is 108 Å². The Bertz CT molecular complexity index is 1490. The maximum Gasteiger partial charge on any atom is 0.210 e. The van der Waals surface area contributed by atoms with Gasteiger partial charge in [-0.2, -0.15) is 0 Å². The summed E-state index contributed by atoms with van der Waals surface area (Å²) in [5, 5.41) is 0. The van der Waals surface area contributed by atoms with Gasteiger partial charge in [-0.25, -0.2) is 8.42 Å². The van der Waals surface area contributed by atoms with E-state index in [0.717, 1.165) is 11.1 Å². The third-order valence-electron chi connectivity index (χ3n) is 6.11. The van der Waals surface area contributed by atoms with Gasteiger partial charge in [-0.05, 0) is 47.2 Å². The summed E-state index contributed by atoms with van der Waals surface area (Å²) in [4.78, 5) is 0.240. The molecule has 0 heterocycles. The molecule has 4 aromatic carbocycles. The first kappa shape index (κ1) is 26.5. The minimum absolute atomic E-state index is 0.0492. The van der Waals surface area contributed by atoms with Gasteiger partial charge >= 0.3 is 0 Å². The highest BCUT2D eigenvalue weighted by Crippen LogP contribution is 2.45. The van der Waals surface area contributed by atoms with Gasteiger partial charge in [-0.15, -0.1) is 0 Å². The van der Waals surface area contributed by atoms with Crippen molar-refractivity contribution in [1.82, 2.24) is 0 Å². The van der Waals surface area contributed by atoms with Crippen LogP contribution in [-0.4, -0.2) is 8.42 Å². The zero-order valence-corrected chi connectivity index (χ0v) is 23.1. The number of sulfone groups is 1. The molecule has 0 aliphatic heterocycles. The maximum absolute atomic E-state index is 13.8. The van der Waals surface area contributed by atoms with E-state index in [1.807, 2.05) is 48.5 Å². The molecule has 0 bridgehead atoms. The predicted octanol–water partition coefficient (Wildman–Crippen LogP) is 8.70. The highest BCUT2D eigenvalue weighted by atomic mass is 32.2. The van der Waals surface area contributed by atoms with Gasteiger partial charge in [-0.1, -0.05) is 102 Å². The molecule has 0 atom stereocenters. The Morgan fingerprint density at radius 3 is 1.51 bits per heavy atom. The Kier molecular flexibility index (Phi) is 7.20. The van der Waals surface area contributed by atoms with Crippen molar-refractivity contribution in [3.63, 3.8) is 0 Å². The van der Waals surface area contributed by atoms with E-state index in [2.05, 4.69) is 41.5 Å². The van der Waals surface area contributed by atoms with Crippen molar-refractivity contribution in [1.29, 1.82) is 0 Å². The second-order valence-corrected chi connectivity index (χ2v) is 13.0. The summed E-state index contributed by atoms with van der Waals surface area (Å²) in [6.45, 7) is 12.6. The lowest BCUT2D eigenvalue weighted by Crippen LogP contribution is -2.14. The molecule has 0 aliphatic carbocycles. The quantitative estimate of drug-likeness (QED) is 0.258. The van der Waals surface area contributed by atoms with Crippen molar-refractivity contribution in [2.45, 2.75) is 62.2 Å². The Morgan fingerprint density at radius 2 is 0.973 bits per heavy atom. The van der Waals surface area contributed by atoms with Crippen molar-refractivity contribution >= 4 is 9.84 Å². The molecule has 0 aromatic heterocycles. The first-order chi connectivity index (χ1) is 17.4. The molecule has 5 heteroatoms. The smallest absolute Gasteiger partial charge is 0.210 e. The molecule has 0 unspecified atom stereocenters. The Hall–Kier alpha value is -3.57. The van der Waals surface area contributed by atoms with Crippen molar-refractivity contribution in [2.75, 3.05) is 0 Å². The van der Waals surface area contributed by atoms with Crippen LogP contribution in [-0.2, 0) is 20.7 Å². The molecule has 0 fully saturated rings. The van der Waals surface area contributed by atoms with Crippen molar-refractivity contribution < 1.29 is 17.9 Å². The van der Waals surface area contributed by atoms with E-state index in [4.69, 9.17) is 9.47 Å².